The predicted octanol–water partition coefficient (Wildman–Crippen LogP) is 3.54. The molecule has 0 spiro atoms. The van der Waals surface area contributed by atoms with Crippen molar-refractivity contribution < 1.29 is 0 Å². The van der Waals surface area contributed by atoms with Crippen LogP contribution in [0.15, 0.2) is 6.20 Å². The van der Waals surface area contributed by atoms with Crippen molar-refractivity contribution >= 4 is 0 Å². The standard InChI is InChI=1S/C20H36N4/c1-5-9-24-14-19(17(4)21-24)13-22-10-6-11-23(12-18-7-8-18)20(15-22)16(2)3/h14,16,18,20H,5-13,15H2,1-4H3/t20-/m1/s1. The molecule has 2 aliphatic rings. The van der Waals surface area contributed by atoms with Gasteiger partial charge in [-0.15, -0.1) is 0 Å². The van der Waals surface area contributed by atoms with Gasteiger partial charge < -0.3 is 0 Å². The van der Waals surface area contributed by atoms with Crippen LogP contribution in [-0.2, 0) is 13.1 Å². The van der Waals surface area contributed by atoms with Crippen molar-refractivity contribution in [2.24, 2.45) is 11.8 Å². The molecule has 0 amide bonds. The maximum Gasteiger partial charge on any atom is 0.0638 e. The van der Waals surface area contributed by atoms with Crippen LogP contribution in [0.1, 0.15) is 57.7 Å². The molecule has 0 bridgehead atoms. The Morgan fingerprint density at radius 3 is 2.71 bits per heavy atom. The van der Waals surface area contributed by atoms with Gasteiger partial charge in [0, 0.05) is 44.0 Å². The zero-order valence-electron chi connectivity index (χ0n) is 16.2. The largest absolute Gasteiger partial charge is 0.299 e. The molecular formula is C20H36N4. The number of hydrogen-bond donors (Lipinski definition) is 0. The smallest absolute Gasteiger partial charge is 0.0638 e. The van der Waals surface area contributed by atoms with E-state index in [1.54, 1.807) is 0 Å². The Morgan fingerprint density at radius 2 is 2.04 bits per heavy atom. The van der Waals surface area contributed by atoms with Gasteiger partial charge in [-0.2, -0.15) is 5.10 Å². The number of aryl methyl sites for hydroxylation is 2. The minimum Gasteiger partial charge on any atom is -0.299 e. The van der Waals surface area contributed by atoms with Crippen LogP contribution in [0, 0.1) is 18.8 Å². The molecule has 1 aliphatic carbocycles. The third-order valence-corrected chi connectivity index (χ3v) is 5.69. The van der Waals surface area contributed by atoms with Crippen molar-refractivity contribution in [3.63, 3.8) is 0 Å². The van der Waals surface area contributed by atoms with Gasteiger partial charge >= 0.3 is 0 Å². The van der Waals surface area contributed by atoms with Gasteiger partial charge in [-0.25, -0.2) is 0 Å². The Kier molecular flexibility index (Phi) is 5.98. The van der Waals surface area contributed by atoms with E-state index in [0.717, 1.165) is 31.3 Å². The fourth-order valence-corrected chi connectivity index (χ4v) is 4.07. The van der Waals surface area contributed by atoms with E-state index < -0.39 is 0 Å². The summed E-state index contributed by atoms with van der Waals surface area (Å²) in [4.78, 5) is 5.48. The Balaban J connectivity index is 1.65. The van der Waals surface area contributed by atoms with E-state index in [1.165, 1.54) is 56.7 Å². The molecular weight excluding hydrogens is 296 g/mol. The fraction of sp³-hybridized carbons (Fsp3) is 0.850. The lowest BCUT2D eigenvalue weighted by atomic mass is 10.0. The summed E-state index contributed by atoms with van der Waals surface area (Å²) in [6.45, 7) is 16.3. The molecule has 4 nitrogen and oxygen atoms in total. The summed E-state index contributed by atoms with van der Waals surface area (Å²) in [6.07, 6.45) is 7.64. The Hall–Kier alpha value is -0.870. The van der Waals surface area contributed by atoms with Crippen molar-refractivity contribution in [3.8, 4) is 0 Å². The molecule has 2 heterocycles. The molecule has 1 aromatic heterocycles. The minimum absolute atomic E-state index is 0.707. The molecule has 136 valence electrons. The van der Waals surface area contributed by atoms with Gasteiger partial charge in [-0.1, -0.05) is 20.8 Å². The van der Waals surface area contributed by atoms with E-state index in [0.29, 0.717) is 6.04 Å². The monoisotopic (exact) mass is 332 g/mol. The Bertz CT molecular complexity index is 518. The summed E-state index contributed by atoms with van der Waals surface area (Å²) in [7, 11) is 0. The van der Waals surface area contributed by atoms with E-state index in [2.05, 4.69) is 53.5 Å². The van der Waals surface area contributed by atoms with Crippen LogP contribution >= 0.6 is 0 Å². The molecule has 3 rings (SSSR count). The fourth-order valence-electron chi connectivity index (χ4n) is 4.07. The lowest BCUT2D eigenvalue weighted by molar-refractivity contribution is 0.132. The van der Waals surface area contributed by atoms with E-state index in [-0.39, 0.29) is 0 Å². The second-order valence-electron chi connectivity index (χ2n) is 8.34. The van der Waals surface area contributed by atoms with Gasteiger partial charge in [0.2, 0.25) is 0 Å². The summed E-state index contributed by atoms with van der Waals surface area (Å²) >= 11 is 0. The van der Waals surface area contributed by atoms with Crippen molar-refractivity contribution in [3.05, 3.63) is 17.5 Å². The van der Waals surface area contributed by atoms with Gasteiger partial charge in [0.25, 0.3) is 0 Å². The zero-order valence-corrected chi connectivity index (χ0v) is 16.2. The van der Waals surface area contributed by atoms with Crippen molar-refractivity contribution in [2.75, 3.05) is 26.2 Å². The highest BCUT2D eigenvalue weighted by Gasteiger charge is 2.32. The van der Waals surface area contributed by atoms with Crippen LogP contribution in [0.4, 0.5) is 0 Å². The van der Waals surface area contributed by atoms with Crippen molar-refractivity contribution in [2.45, 2.75) is 72.5 Å². The summed E-state index contributed by atoms with van der Waals surface area (Å²) in [5, 5.41) is 4.69. The average Bonchev–Trinajstić information content (AvgIpc) is 3.30. The molecule has 0 aromatic carbocycles. The Labute approximate surface area is 148 Å². The number of hydrogen-bond acceptors (Lipinski definition) is 3. The van der Waals surface area contributed by atoms with Gasteiger partial charge in [-0.05, 0) is 57.5 Å². The zero-order chi connectivity index (χ0) is 17.1. The van der Waals surface area contributed by atoms with Crippen LogP contribution in [0.3, 0.4) is 0 Å². The molecule has 1 aliphatic heterocycles. The molecule has 1 atom stereocenters. The summed E-state index contributed by atoms with van der Waals surface area (Å²) < 4.78 is 2.13. The first kappa shape index (κ1) is 17.9. The molecule has 24 heavy (non-hydrogen) atoms. The number of aromatic nitrogens is 2. The Morgan fingerprint density at radius 1 is 1.25 bits per heavy atom. The van der Waals surface area contributed by atoms with Crippen molar-refractivity contribution in [1.82, 2.24) is 19.6 Å². The normalized spacial score (nSPS) is 23.8. The predicted molar refractivity (Wildman–Crippen MR) is 100 cm³/mol. The second-order valence-corrected chi connectivity index (χ2v) is 8.34. The first-order chi connectivity index (χ1) is 11.6. The summed E-state index contributed by atoms with van der Waals surface area (Å²) in [5.74, 6) is 1.72. The molecule has 0 radical (unpaired) electrons. The number of nitrogens with zero attached hydrogens (tertiary/aromatic N) is 4. The first-order valence-electron chi connectivity index (χ1n) is 10.1. The maximum absolute atomic E-state index is 4.69. The van der Waals surface area contributed by atoms with Crippen LogP contribution < -0.4 is 0 Å². The van der Waals surface area contributed by atoms with Crippen LogP contribution in [0.25, 0.3) is 0 Å². The first-order valence-corrected chi connectivity index (χ1v) is 10.1. The highest BCUT2D eigenvalue weighted by atomic mass is 15.3. The van der Waals surface area contributed by atoms with Crippen LogP contribution in [-0.4, -0.2) is 51.8 Å². The molecule has 0 N–H and O–H groups in total. The van der Waals surface area contributed by atoms with E-state index in [9.17, 15) is 0 Å². The lowest BCUT2D eigenvalue weighted by Gasteiger charge is -2.34. The van der Waals surface area contributed by atoms with E-state index >= 15 is 0 Å². The third kappa shape index (κ3) is 4.60. The highest BCUT2D eigenvalue weighted by molar-refractivity contribution is 5.15. The third-order valence-electron chi connectivity index (χ3n) is 5.69. The molecule has 1 aromatic rings. The van der Waals surface area contributed by atoms with Crippen LogP contribution in [0.2, 0.25) is 0 Å². The van der Waals surface area contributed by atoms with Crippen LogP contribution in [0.5, 0.6) is 0 Å². The molecule has 0 unspecified atom stereocenters. The quantitative estimate of drug-likeness (QED) is 0.763. The van der Waals surface area contributed by atoms with Crippen molar-refractivity contribution in [1.29, 1.82) is 0 Å². The van der Waals surface area contributed by atoms with E-state index in [1.807, 2.05) is 0 Å². The molecule has 2 fully saturated rings. The summed E-state index contributed by atoms with van der Waals surface area (Å²) in [5.41, 5.74) is 2.63. The lowest BCUT2D eigenvalue weighted by Crippen LogP contribution is -2.45. The van der Waals surface area contributed by atoms with Gasteiger partial charge in [0.1, 0.15) is 0 Å². The molecule has 1 saturated heterocycles. The minimum atomic E-state index is 0.707. The van der Waals surface area contributed by atoms with Gasteiger partial charge in [-0.3, -0.25) is 14.5 Å². The second kappa shape index (κ2) is 8.01. The SMILES string of the molecule is CCCn1cc(CN2CCCN(CC3CC3)[C@@H](C(C)C)C2)c(C)n1. The van der Waals surface area contributed by atoms with Gasteiger partial charge in [0.05, 0.1) is 5.69 Å². The molecule has 1 saturated carbocycles. The highest BCUT2D eigenvalue weighted by Crippen LogP contribution is 2.32. The molecule has 4 heteroatoms. The number of rotatable bonds is 7. The topological polar surface area (TPSA) is 24.3 Å². The van der Waals surface area contributed by atoms with Gasteiger partial charge in [0.15, 0.2) is 0 Å². The van der Waals surface area contributed by atoms with E-state index in [4.69, 9.17) is 0 Å². The average molecular weight is 333 g/mol. The maximum atomic E-state index is 4.69. The summed E-state index contributed by atoms with van der Waals surface area (Å²) in [6, 6.07) is 0.707.